The Balaban J connectivity index is 1.31. The van der Waals surface area contributed by atoms with E-state index in [1.807, 2.05) is 4.57 Å². The van der Waals surface area contributed by atoms with Gasteiger partial charge in [-0.1, -0.05) is 0 Å². The topological polar surface area (TPSA) is 246 Å². The first kappa shape index (κ1) is 38.2. The Bertz CT molecular complexity index is 2050. The number of amides is 4. The van der Waals surface area contributed by atoms with E-state index in [9.17, 15) is 23.6 Å². The minimum Gasteiger partial charge on any atom is -0.491 e. The molecule has 4 aromatic rings. The Kier molecular flexibility index (Phi) is 11.3. The second-order valence-electron chi connectivity index (χ2n) is 13.5. The molecule has 18 heteroatoms. The molecule has 0 spiro atoms. The number of ether oxygens (including phenoxy) is 3. The number of nitrogen functional groups attached to an aromatic ring is 1. The van der Waals surface area contributed by atoms with Crippen molar-refractivity contribution in [1.82, 2.24) is 24.6 Å². The number of aromatic nitrogens is 4. The number of hydrogen-bond acceptors (Lipinski definition) is 11. The van der Waals surface area contributed by atoms with Crippen molar-refractivity contribution in [3.05, 3.63) is 52.6 Å². The molecular weight excluding hydrogens is 691 g/mol. The third-order valence-electron chi connectivity index (χ3n) is 8.31. The van der Waals surface area contributed by atoms with Gasteiger partial charge in [-0.15, -0.1) is 0 Å². The van der Waals surface area contributed by atoms with Crippen LogP contribution in [0.3, 0.4) is 0 Å². The minimum atomic E-state index is -0.733. The number of rotatable bonds is 15. The van der Waals surface area contributed by atoms with Gasteiger partial charge in [0.15, 0.2) is 11.5 Å². The molecule has 2 aromatic heterocycles. The van der Waals surface area contributed by atoms with Crippen LogP contribution in [-0.4, -0.2) is 75.1 Å². The van der Waals surface area contributed by atoms with Crippen LogP contribution in [0.15, 0.2) is 24.3 Å². The van der Waals surface area contributed by atoms with Gasteiger partial charge in [-0.2, -0.15) is 5.10 Å². The third kappa shape index (κ3) is 8.70. The van der Waals surface area contributed by atoms with Gasteiger partial charge in [0, 0.05) is 30.8 Å². The zero-order valence-electron chi connectivity index (χ0n) is 30.3. The van der Waals surface area contributed by atoms with E-state index in [1.165, 1.54) is 35.9 Å². The molecule has 2 aromatic carbocycles. The molecule has 0 bridgehead atoms. The number of imidazole rings is 1. The maximum atomic E-state index is 15.0. The molecule has 53 heavy (non-hydrogen) atoms. The number of aryl methyl sites for hydroxylation is 2. The Hall–Kier alpha value is -6.07. The molecule has 1 aliphatic rings. The number of nitrogens with two attached hydrogens (primary N) is 3. The van der Waals surface area contributed by atoms with E-state index in [0.717, 1.165) is 0 Å². The largest absolute Gasteiger partial charge is 0.491 e. The van der Waals surface area contributed by atoms with Crippen molar-refractivity contribution < 1.29 is 37.8 Å². The highest BCUT2D eigenvalue weighted by Crippen LogP contribution is 2.39. The zero-order valence-corrected chi connectivity index (χ0v) is 30.3. The first-order valence-corrected chi connectivity index (χ1v) is 17.2. The molecule has 17 nitrogen and oxygen atoms in total. The number of carbonyl (C=O) groups is 4. The maximum Gasteiger partial charge on any atom is 0.407 e. The van der Waals surface area contributed by atoms with Gasteiger partial charge in [-0.3, -0.25) is 24.4 Å². The fourth-order valence-corrected chi connectivity index (χ4v) is 5.92. The monoisotopic (exact) mass is 736 g/mol. The lowest BCUT2D eigenvalue weighted by molar-refractivity contribution is 0.0525. The van der Waals surface area contributed by atoms with E-state index in [-0.39, 0.29) is 60.0 Å². The summed E-state index contributed by atoms with van der Waals surface area (Å²) in [5.41, 5.74) is 18.6. The van der Waals surface area contributed by atoms with Gasteiger partial charge in [0.05, 0.1) is 29.5 Å². The number of anilines is 3. The van der Waals surface area contributed by atoms with E-state index in [2.05, 4.69) is 26.0 Å². The van der Waals surface area contributed by atoms with E-state index in [0.29, 0.717) is 60.6 Å². The first-order valence-electron chi connectivity index (χ1n) is 17.2. The van der Waals surface area contributed by atoms with Crippen LogP contribution in [0.1, 0.15) is 89.9 Å². The van der Waals surface area contributed by atoms with Gasteiger partial charge in [-0.25, -0.2) is 14.2 Å². The Morgan fingerprint density at radius 1 is 1.06 bits per heavy atom. The lowest BCUT2D eigenvalue weighted by Gasteiger charge is -2.27. The molecule has 1 atom stereocenters. The number of benzene rings is 2. The Labute approximate surface area is 304 Å². The number of carbonyl (C=O) groups excluding carboxylic acids is 4. The van der Waals surface area contributed by atoms with Gasteiger partial charge < -0.3 is 46.6 Å². The second kappa shape index (κ2) is 15.7. The van der Waals surface area contributed by atoms with E-state index in [1.54, 1.807) is 27.7 Å². The van der Waals surface area contributed by atoms with Gasteiger partial charge in [-0.05, 0) is 78.1 Å². The number of hydrogen-bond donors (Lipinski definition) is 6. The molecule has 9 N–H and O–H groups in total. The summed E-state index contributed by atoms with van der Waals surface area (Å²) in [6.45, 7) is 9.87. The van der Waals surface area contributed by atoms with E-state index in [4.69, 9.17) is 31.4 Å². The van der Waals surface area contributed by atoms with Crippen molar-refractivity contribution in [2.75, 3.05) is 42.7 Å². The summed E-state index contributed by atoms with van der Waals surface area (Å²) in [6.07, 6.45) is 0.975. The quantitative estimate of drug-likeness (QED) is 0.0756. The second-order valence-corrected chi connectivity index (χ2v) is 13.5. The first-order chi connectivity index (χ1) is 25.1. The summed E-state index contributed by atoms with van der Waals surface area (Å²) in [7, 11) is 0. The van der Waals surface area contributed by atoms with Crippen molar-refractivity contribution in [1.29, 1.82) is 0 Å². The van der Waals surface area contributed by atoms with Crippen molar-refractivity contribution in [3.8, 4) is 11.5 Å². The highest BCUT2D eigenvalue weighted by Gasteiger charge is 2.30. The number of nitrogens with zero attached hydrogens (tertiary/aromatic N) is 4. The molecule has 5 rings (SSSR count). The number of nitrogens with one attached hydrogen (secondary N) is 3. The molecule has 0 radical (unpaired) electrons. The van der Waals surface area contributed by atoms with Crippen LogP contribution in [0.4, 0.5) is 26.5 Å². The average molecular weight is 737 g/mol. The van der Waals surface area contributed by atoms with Crippen LogP contribution in [0.25, 0.3) is 11.0 Å². The van der Waals surface area contributed by atoms with Gasteiger partial charge in [0.25, 0.3) is 5.91 Å². The van der Waals surface area contributed by atoms with Crippen molar-refractivity contribution in [2.24, 2.45) is 11.5 Å². The molecule has 0 aliphatic carbocycles. The zero-order chi connectivity index (χ0) is 38.6. The van der Waals surface area contributed by atoms with Crippen molar-refractivity contribution >= 4 is 52.2 Å². The predicted molar refractivity (Wildman–Crippen MR) is 195 cm³/mol. The smallest absolute Gasteiger partial charge is 0.407 e. The standard InChI is InChI=1S/C35H45FN10O7/c1-6-45-29(26(36)18(2)44-45)32(49)43-33-42-23-14-20(31(39)48)16-25-28(23)46(33)21(17-52-25)9-7-10-40-27-22(37)13-19(30(38)47)15-24(27)51-12-8-11-41-34(50)53-35(3,4)5/h13-16,21,40H,6-12,17,37H2,1-5H3,(H2,38,47)(H2,39,48)(H,41,50)(H,42,43,49)/t21-/m1/s1. The average Bonchev–Trinajstić information content (AvgIpc) is 3.59. The van der Waals surface area contributed by atoms with Crippen LogP contribution in [0, 0.1) is 12.7 Å². The van der Waals surface area contributed by atoms with E-state index < -0.39 is 35.2 Å². The lowest BCUT2D eigenvalue weighted by Crippen LogP contribution is -2.33. The highest BCUT2D eigenvalue weighted by molar-refractivity contribution is 6.04. The molecule has 0 saturated carbocycles. The van der Waals surface area contributed by atoms with Gasteiger partial charge in [0.2, 0.25) is 17.8 Å². The minimum absolute atomic E-state index is 0.0902. The van der Waals surface area contributed by atoms with Crippen LogP contribution < -0.4 is 42.6 Å². The SMILES string of the molecule is CCn1nc(C)c(F)c1C(=O)Nc1nc2cc(C(N)=O)cc3c2n1[C@H](CCCNc1c(N)cc(C(N)=O)cc1OCCCNC(=O)OC(C)(C)C)CO3. The van der Waals surface area contributed by atoms with E-state index >= 15 is 0 Å². The molecule has 284 valence electrons. The van der Waals surface area contributed by atoms with Gasteiger partial charge >= 0.3 is 6.09 Å². The van der Waals surface area contributed by atoms with Gasteiger partial charge in [0.1, 0.15) is 34.9 Å². The van der Waals surface area contributed by atoms with Crippen LogP contribution in [-0.2, 0) is 11.3 Å². The third-order valence-corrected chi connectivity index (χ3v) is 8.31. The predicted octanol–water partition coefficient (Wildman–Crippen LogP) is 3.85. The fourth-order valence-electron chi connectivity index (χ4n) is 5.92. The summed E-state index contributed by atoms with van der Waals surface area (Å²) < 4.78 is 35.3. The molecular formula is C35H45FN10O7. The van der Waals surface area contributed by atoms with Crippen LogP contribution >= 0.6 is 0 Å². The van der Waals surface area contributed by atoms with Crippen molar-refractivity contribution in [3.63, 3.8) is 0 Å². The summed E-state index contributed by atoms with van der Waals surface area (Å²) in [4.78, 5) is 54.0. The number of primary amides is 2. The lowest BCUT2D eigenvalue weighted by atomic mass is 10.1. The molecule has 0 fully saturated rings. The fraction of sp³-hybridized carbons (Fsp3) is 0.429. The molecule has 3 heterocycles. The summed E-state index contributed by atoms with van der Waals surface area (Å²) in [6, 6.07) is 5.65. The molecule has 1 aliphatic heterocycles. The molecule has 4 amide bonds. The Morgan fingerprint density at radius 3 is 2.45 bits per heavy atom. The Morgan fingerprint density at radius 2 is 1.77 bits per heavy atom. The molecule has 0 saturated heterocycles. The van der Waals surface area contributed by atoms with Crippen LogP contribution in [0.5, 0.6) is 11.5 Å². The number of alkyl carbamates (subject to hydrolysis) is 1. The summed E-state index contributed by atoms with van der Waals surface area (Å²) >= 11 is 0. The number of halogens is 1. The summed E-state index contributed by atoms with van der Waals surface area (Å²) in [5, 5.41) is 12.8. The highest BCUT2D eigenvalue weighted by atomic mass is 19.1. The normalized spacial score (nSPS) is 13.7. The van der Waals surface area contributed by atoms with Crippen LogP contribution in [0.2, 0.25) is 0 Å². The molecule has 0 unspecified atom stereocenters. The van der Waals surface area contributed by atoms with Crippen molar-refractivity contribution in [2.45, 2.75) is 72.1 Å². The summed E-state index contributed by atoms with van der Waals surface area (Å²) in [5.74, 6) is -2.00. The maximum absolute atomic E-state index is 15.0.